The number of carbonyl (C=O) groups excluding carboxylic acids is 1. The summed E-state index contributed by atoms with van der Waals surface area (Å²) in [6.45, 7) is 1.17. The summed E-state index contributed by atoms with van der Waals surface area (Å²) >= 11 is 1.49. The second kappa shape index (κ2) is 7.96. The van der Waals surface area contributed by atoms with Gasteiger partial charge in [-0.2, -0.15) is 4.99 Å². The van der Waals surface area contributed by atoms with E-state index in [0.717, 1.165) is 21.0 Å². The number of rotatable bonds is 5. The number of para-hydroxylation sites is 1. The van der Waals surface area contributed by atoms with Gasteiger partial charge in [0.25, 0.3) is 5.91 Å². The van der Waals surface area contributed by atoms with Crippen molar-refractivity contribution in [3.8, 4) is 5.75 Å². The van der Waals surface area contributed by atoms with Crippen molar-refractivity contribution in [3.05, 3.63) is 71.0 Å². The van der Waals surface area contributed by atoms with Crippen LogP contribution in [0, 0.1) is 0 Å². The molecule has 0 spiro atoms. The maximum atomic E-state index is 13.1. The average molecular weight is 392 g/mol. The van der Waals surface area contributed by atoms with Gasteiger partial charge in [0.15, 0.2) is 4.80 Å². The average Bonchev–Trinajstić information content (AvgIpc) is 3.08. The van der Waals surface area contributed by atoms with Gasteiger partial charge in [-0.25, -0.2) is 0 Å². The van der Waals surface area contributed by atoms with Gasteiger partial charge in [-0.1, -0.05) is 47.7 Å². The second-order valence-electron chi connectivity index (χ2n) is 6.31. The van der Waals surface area contributed by atoms with Crippen LogP contribution in [-0.4, -0.2) is 31.3 Å². The van der Waals surface area contributed by atoms with Gasteiger partial charge < -0.3 is 14.0 Å². The summed E-state index contributed by atoms with van der Waals surface area (Å²) in [5, 5.41) is 2.00. The SMILES string of the molecule is COCCn1c(=NC(=O)c2cc3ccccc3cc2OC)sc2ccccc21. The van der Waals surface area contributed by atoms with E-state index in [1.807, 2.05) is 65.2 Å². The number of carbonyl (C=O) groups is 1. The van der Waals surface area contributed by atoms with Gasteiger partial charge in [-0.15, -0.1) is 0 Å². The van der Waals surface area contributed by atoms with E-state index < -0.39 is 0 Å². The largest absolute Gasteiger partial charge is 0.496 e. The quantitative estimate of drug-likeness (QED) is 0.510. The van der Waals surface area contributed by atoms with Crippen LogP contribution in [-0.2, 0) is 11.3 Å². The molecule has 28 heavy (non-hydrogen) atoms. The number of aromatic nitrogens is 1. The summed E-state index contributed by atoms with van der Waals surface area (Å²) in [5.41, 5.74) is 1.50. The van der Waals surface area contributed by atoms with Crippen LogP contribution in [0.2, 0.25) is 0 Å². The Hall–Kier alpha value is -2.96. The van der Waals surface area contributed by atoms with Gasteiger partial charge in [0.05, 0.1) is 29.5 Å². The van der Waals surface area contributed by atoms with Crippen molar-refractivity contribution in [3.63, 3.8) is 0 Å². The number of hydrogen-bond acceptors (Lipinski definition) is 4. The minimum absolute atomic E-state index is 0.319. The number of fused-ring (bicyclic) bond motifs is 2. The first-order chi connectivity index (χ1) is 13.7. The number of methoxy groups -OCH3 is 2. The highest BCUT2D eigenvalue weighted by Gasteiger charge is 2.14. The predicted octanol–water partition coefficient (Wildman–Crippen LogP) is 4.25. The van der Waals surface area contributed by atoms with Gasteiger partial charge in [0, 0.05) is 13.7 Å². The summed E-state index contributed by atoms with van der Waals surface area (Å²) in [6.07, 6.45) is 0. The Morgan fingerprint density at radius 2 is 1.75 bits per heavy atom. The molecule has 0 bridgehead atoms. The van der Waals surface area contributed by atoms with Crippen LogP contribution in [0.5, 0.6) is 5.75 Å². The van der Waals surface area contributed by atoms with Crippen molar-refractivity contribution >= 4 is 38.2 Å². The zero-order valence-electron chi connectivity index (χ0n) is 15.7. The van der Waals surface area contributed by atoms with Gasteiger partial charge in [0.2, 0.25) is 0 Å². The number of benzene rings is 3. The molecule has 0 radical (unpaired) electrons. The Bertz CT molecular complexity index is 1220. The van der Waals surface area contributed by atoms with Crippen molar-refractivity contribution in [2.24, 2.45) is 4.99 Å². The third kappa shape index (κ3) is 3.44. The third-order valence-corrected chi connectivity index (χ3v) is 5.66. The molecule has 4 aromatic rings. The number of nitrogens with zero attached hydrogens (tertiary/aromatic N) is 2. The van der Waals surface area contributed by atoms with Crippen LogP contribution in [0.25, 0.3) is 21.0 Å². The van der Waals surface area contributed by atoms with Crippen molar-refractivity contribution in [2.45, 2.75) is 6.54 Å². The Morgan fingerprint density at radius 3 is 2.50 bits per heavy atom. The lowest BCUT2D eigenvalue weighted by molar-refractivity contribution is 0.0994. The standard InChI is InChI=1S/C22H20N2O3S/c1-26-12-11-24-18-9-5-6-10-20(18)28-22(24)23-21(25)17-13-15-7-3-4-8-16(15)14-19(17)27-2/h3-10,13-14H,11-12H2,1-2H3. The molecular weight excluding hydrogens is 372 g/mol. The Balaban J connectivity index is 1.85. The first-order valence-electron chi connectivity index (χ1n) is 8.94. The topological polar surface area (TPSA) is 52.8 Å². The monoisotopic (exact) mass is 392 g/mol. The first-order valence-corrected chi connectivity index (χ1v) is 9.76. The smallest absolute Gasteiger partial charge is 0.283 e. The molecule has 0 aliphatic heterocycles. The van der Waals surface area contributed by atoms with Crippen LogP contribution >= 0.6 is 11.3 Å². The van der Waals surface area contributed by atoms with Gasteiger partial charge in [-0.3, -0.25) is 4.79 Å². The van der Waals surface area contributed by atoms with E-state index in [-0.39, 0.29) is 5.91 Å². The van der Waals surface area contributed by atoms with Crippen LogP contribution < -0.4 is 9.54 Å². The zero-order chi connectivity index (χ0) is 19.5. The maximum absolute atomic E-state index is 13.1. The summed E-state index contributed by atoms with van der Waals surface area (Å²) in [6, 6.07) is 19.6. The summed E-state index contributed by atoms with van der Waals surface area (Å²) in [7, 11) is 3.23. The molecule has 1 amide bonds. The Morgan fingerprint density at radius 1 is 1.04 bits per heavy atom. The zero-order valence-corrected chi connectivity index (χ0v) is 16.5. The van der Waals surface area contributed by atoms with E-state index in [4.69, 9.17) is 9.47 Å². The van der Waals surface area contributed by atoms with E-state index >= 15 is 0 Å². The molecule has 0 aliphatic carbocycles. The van der Waals surface area contributed by atoms with E-state index in [2.05, 4.69) is 4.99 Å². The molecule has 3 aromatic carbocycles. The van der Waals surface area contributed by atoms with Crippen molar-refractivity contribution < 1.29 is 14.3 Å². The molecule has 0 saturated carbocycles. The molecule has 0 atom stereocenters. The minimum Gasteiger partial charge on any atom is -0.496 e. The molecule has 142 valence electrons. The second-order valence-corrected chi connectivity index (χ2v) is 7.32. The summed E-state index contributed by atoms with van der Waals surface area (Å²) in [4.78, 5) is 18.1. The van der Waals surface area contributed by atoms with E-state index in [9.17, 15) is 4.79 Å². The van der Waals surface area contributed by atoms with Crippen LogP contribution in [0.3, 0.4) is 0 Å². The van der Waals surface area contributed by atoms with E-state index in [1.54, 1.807) is 14.2 Å². The summed E-state index contributed by atoms with van der Waals surface area (Å²) in [5.74, 6) is 0.206. The third-order valence-electron chi connectivity index (χ3n) is 4.60. The first kappa shape index (κ1) is 18.4. The Kier molecular flexibility index (Phi) is 5.23. The number of ether oxygens (including phenoxy) is 2. The van der Waals surface area contributed by atoms with Crippen LogP contribution in [0.1, 0.15) is 10.4 Å². The molecule has 1 heterocycles. The highest BCUT2D eigenvalue weighted by Crippen LogP contribution is 2.26. The molecule has 6 heteroatoms. The fourth-order valence-electron chi connectivity index (χ4n) is 3.21. The highest BCUT2D eigenvalue weighted by molar-refractivity contribution is 7.16. The summed E-state index contributed by atoms with van der Waals surface area (Å²) < 4.78 is 13.8. The van der Waals surface area contributed by atoms with Gasteiger partial charge in [0.1, 0.15) is 5.75 Å². The van der Waals surface area contributed by atoms with Crippen molar-refractivity contribution in [1.29, 1.82) is 0 Å². The molecule has 0 aliphatic rings. The van der Waals surface area contributed by atoms with Crippen molar-refractivity contribution in [1.82, 2.24) is 4.57 Å². The van der Waals surface area contributed by atoms with Gasteiger partial charge in [-0.05, 0) is 35.0 Å². The normalized spacial score (nSPS) is 12.0. The van der Waals surface area contributed by atoms with E-state index in [1.165, 1.54) is 11.3 Å². The number of hydrogen-bond donors (Lipinski definition) is 0. The molecule has 4 rings (SSSR count). The Labute approximate surface area is 166 Å². The molecule has 0 unspecified atom stereocenters. The lowest BCUT2D eigenvalue weighted by atomic mass is 10.1. The minimum atomic E-state index is -0.319. The van der Waals surface area contributed by atoms with Gasteiger partial charge >= 0.3 is 0 Å². The van der Waals surface area contributed by atoms with Crippen LogP contribution in [0.15, 0.2) is 65.7 Å². The molecular formula is C22H20N2O3S. The molecule has 5 nitrogen and oxygen atoms in total. The lowest BCUT2D eigenvalue weighted by Crippen LogP contribution is -2.19. The lowest BCUT2D eigenvalue weighted by Gasteiger charge is -2.08. The fourth-order valence-corrected chi connectivity index (χ4v) is 4.26. The molecule has 1 aromatic heterocycles. The van der Waals surface area contributed by atoms with Crippen molar-refractivity contribution in [2.75, 3.05) is 20.8 Å². The highest BCUT2D eigenvalue weighted by atomic mass is 32.1. The van der Waals surface area contributed by atoms with E-state index in [0.29, 0.717) is 29.3 Å². The number of thiazole rings is 1. The molecule has 0 saturated heterocycles. The molecule has 0 fully saturated rings. The molecule has 0 N–H and O–H groups in total. The van der Waals surface area contributed by atoms with Crippen LogP contribution in [0.4, 0.5) is 0 Å². The fraction of sp³-hybridized carbons (Fsp3) is 0.182. The number of amides is 1. The maximum Gasteiger partial charge on any atom is 0.283 e. The predicted molar refractivity (Wildman–Crippen MR) is 112 cm³/mol.